The summed E-state index contributed by atoms with van der Waals surface area (Å²) >= 11 is 1.32. The zero-order valence-electron chi connectivity index (χ0n) is 21.5. The molecular weight excluding hydrogens is 530 g/mol. The molecule has 1 aliphatic carbocycles. The van der Waals surface area contributed by atoms with Gasteiger partial charge in [0, 0.05) is 68.8 Å². The van der Waals surface area contributed by atoms with Crippen LogP contribution in [0, 0.1) is 15.5 Å². The summed E-state index contributed by atoms with van der Waals surface area (Å²) in [7, 11) is 0. The predicted molar refractivity (Wildman–Crippen MR) is 148 cm³/mol. The number of aromatic nitrogens is 1. The normalized spacial score (nSPS) is 19.6. The number of rotatable bonds is 9. The fraction of sp³-hybridized carbons (Fsp3) is 0.538. The highest BCUT2D eigenvalue weighted by atomic mass is 32.2. The van der Waals surface area contributed by atoms with Gasteiger partial charge in [0.15, 0.2) is 0 Å². The first kappa shape index (κ1) is 27.4. The van der Waals surface area contributed by atoms with Crippen LogP contribution in [0.5, 0.6) is 0 Å². The number of hydrogen-bond donors (Lipinski definition) is 3. The Hall–Kier alpha value is -3.19. The molecule has 3 fully saturated rings. The first-order valence-electron chi connectivity index (χ1n) is 13.1. The Balaban J connectivity index is 1.38. The van der Waals surface area contributed by atoms with Gasteiger partial charge in [0.1, 0.15) is 11.5 Å². The molecule has 2 aliphatic heterocycles. The topological polar surface area (TPSA) is 124 Å². The van der Waals surface area contributed by atoms with Gasteiger partial charge in [0.05, 0.1) is 22.8 Å². The van der Waals surface area contributed by atoms with E-state index in [0.717, 1.165) is 31.6 Å². The molecule has 13 heteroatoms. The number of nitrogens with zero attached hydrogens (tertiary/aromatic N) is 4. The van der Waals surface area contributed by atoms with Crippen LogP contribution in [-0.2, 0) is 0 Å². The predicted octanol–water partition coefficient (Wildman–Crippen LogP) is 4.91. The number of aliphatic hydroxyl groups excluding tert-OH is 1. The number of amides is 1. The molecule has 39 heavy (non-hydrogen) atoms. The van der Waals surface area contributed by atoms with E-state index in [-0.39, 0.29) is 43.9 Å². The maximum absolute atomic E-state index is 13.7. The Morgan fingerprint density at radius 2 is 1.72 bits per heavy atom. The lowest BCUT2D eigenvalue weighted by molar-refractivity contribution is -0.384. The van der Waals surface area contributed by atoms with Crippen LogP contribution in [0.4, 0.5) is 37.3 Å². The number of piperidine rings is 2. The lowest BCUT2D eigenvalue weighted by Crippen LogP contribution is -2.39. The van der Waals surface area contributed by atoms with Crippen molar-refractivity contribution in [3.63, 3.8) is 0 Å². The fourth-order valence-electron chi connectivity index (χ4n) is 5.29. The van der Waals surface area contributed by atoms with Crippen molar-refractivity contribution in [2.75, 3.05) is 58.4 Å². The van der Waals surface area contributed by atoms with Crippen LogP contribution in [0.15, 0.2) is 30.5 Å². The molecule has 0 unspecified atom stereocenters. The lowest BCUT2D eigenvalue weighted by atomic mass is 9.93. The number of hydrogen-bond acceptors (Lipinski definition) is 9. The SMILES string of the molecule is O=C(Nc1ccc([N+](=O)[O-])c(N2CCC(F)(F)CC2)c1)c1cnc(NSCCO)cc1N1CCC2(CC1)CC2. The van der Waals surface area contributed by atoms with Crippen molar-refractivity contribution in [3.05, 3.63) is 46.1 Å². The summed E-state index contributed by atoms with van der Waals surface area (Å²) in [6.07, 6.45) is 5.39. The Labute approximate surface area is 229 Å². The summed E-state index contributed by atoms with van der Waals surface area (Å²) in [6, 6.07) is 6.05. The van der Waals surface area contributed by atoms with E-state index in [0.29, 0.717) is 28.2 Å². The number of anilines is 4. The number of alkyl halides is 2. The van der Waals surface area contributed by atoms with Gasteiger partial charge in [-0.15, -0.1) is 0 Å². The van der Waals surface area contributed by atoms with Gasteiger partial charge in [-0.25, -0.2) is 13.8 Å². The molecule has 1 amide bonds. The van der Waals surface area contributed by atoms with Gasteiger partial charge in [-0.05, 0) is 55.2 Å². The zero-order chi connectivity index (χ0) is 27.6. The highest BCUT2D eigenvalue weighted by Crippen LogP contribution is 2.54. The van der Waals surface area contributed by atoms with E-state index in [1.165, 1.54) is 49.2 Å². The molecule has 0 atom stereocenters. The minimum Gasteiger partial charge on any atom is -0.395 e. The van der Waals surface area contributed by atoms with Crippen molar-refractivity contribution < 1.29 is 23.6 Å². The van der Waals surface area contributed by atoms with Crippen LogP contribution in [0.3, 0.4) is 0 Å². The minimum absolute atomic E-state index is 0.0154. The van der Waals surface area contributed by atoms with Gasteiger partial charge in [-0.3, -0.25) is 14.9 Å². The van der Waals surface area contributed by atoms with E-state index in [2.05, 4.69) is 19.9 Å². The van der Waals surface area contributed by atoms with Crippen molar-refractivity contribution in [1.82, 2.24) is 4.98 Å². The van der Waals surface area contributed by atoms with Crippen molar-refractivity contribution in [2.24, 2.45) is 5.41 Å². The molecule has 1 saturated carbocycles. The number of carbonyl (C=O) groups excluding carboxylic acids is 1. The number of pyridine rings is 1. The van der Waals surface area contributed by atoms with Crippen LogP contribution in [-0.4, -0.2) is 65.4 Å². The van der Waals surface area contributed by atoms with Crippen LogP contribution < -0.4 is 19.8 Å². The Bertz CT molecular complexity index is 1220. The molecule has 10 nitrogen and oxygen atoms in total. The van der Waals surface area contributed by atoms with Gasteiger partial charge in [0.2, 0.25) is 0 Å². The van der Waals surface area contributed by atoms with Gasteiger partial charge >= 0.3 is 0 Å². The summed E-state index contributed by atoms with van der Waals surface area (Å²) in [6.45, 7) is 1.65. The standard InChI is InChI=1S/C26H32F2N6O4S/c27-26(28)7-11-33(12-8-26)22-15-18(1-2-20(22)34(37)38)30-24(36)19-17-29-23(31-39-14-13-35)16-21(19)32-9-5-25(3-4-25)6-10-32/h1-2,15-17,35H,3-14H2,(H,29,31)(H,30,36). The maximum Gasteiger partial charge on any atom is 0.292 e. The highest BCUT2D eigenvalue weighted by molar-refractivity contribution is 8.00. The summed E-state index contributed by atoms with van der Waals surface area (Å²) in [5.41, 5.74) is 1.91. The third-order valence-electron chi connectivity index (χ3n) is 7.88. The molecule has 3 N–H and O–H groups in total. The smallest absolute Gasteiger partial charge is 0.292 e. The molecule has 5 rings (SSSR count). The molecule has 3 heterocycles. The number of aliphatic hydroxyl groups is 1. The molecule has 0 radical (unpaired) electrons. The fourth-order valence-corrected chi connectivity index (χ4v) is 5.74. The van der Waals surface area contributed by atoms with Gasteiger partial charge in [-0.1, -0.05) is 0 Å². The van der Waals surface area contributed by atoms with Crippen LogP contribution in [0.25, 0.3) is 0 Å². The number of carbonyl (C=O) groups is 1. The molecule has 1 aromatic heterocycles. The summed E-state index contributed by atoms with van der Waals surface area (Å²) in [5.74, 6) is -2.14. The van der Waals surface area contributed by atoms with Crippen molar-refractivity contribution >= 4 is 46.4 Å². The van der Waals surface area contributed by atoms with E-state index < -0.39 is 16.8 Å². The second kappa shape index (κ2) is 11.1. The first-order chi connectivity index (χ1) is 18.7. The van der Waals surface area contributed by atoms with Gasteiger partial charge in [-0.2, -0.15) is 0 Å². The number of halogens is 2. The van der Waals surface area contributed by atoms with Crippen molar-refractivity contribution in [3.8, 4) is 0 Å². The number of nitrogens with one attached hydrogen (secondary N) is 2. The monoisotopic (exact) mass is 562 g/mol. The second-order valence-electron chi connectivity index (χ2n) is 10.5. The molecule has 3 aliphatic rings. The molecule has 2 saturated heterocycles. The summed E-state index contributed by atoms with van der Waals surface area (Å²) < 4.78 is 30.5. The minimum atomic E-state index is -2.79. The van der Waals surface area contributed by atoms with E-state index in [4.69, 9.17) is 5.11 Å². The van der Waals surface area contributed by atoms with E-state index in [9.17, 15) is 23.7 Å². The molecule has 1 spiro atoms. The highest BCUT2D eigenvalue weighted by Gasteiger charge is 2.44. The van der Waals surface area contributed by atoms with E-state index in [1.54, 1.807) is 4.90 Å². The van der Waals surface area contributed by atoms with Crippen LogP contribution in [0.2, 0.25) is 0 Å². The third-order valence-corrected chi connectivity index (χ3v) is 8.62. The molecule has 2 aromatic rings. The van der Waals surface area contributed by atoms with Gasteiger partial charge < -0.3 is 24.9 Å². The Morgan fingerprint density at radius 1 is 1.05 bits per heavy atom. The first-order valence-corrected chi connectivity index (χ1v) is 14.1. The zero-order valence-corrected chi connectivity index (χ0v) is 22.3. The summed E-state index contributed by atoms with van der Waals surface area (Å²) in [4.78, 5) is 32.8. The average Bonchev–Trinajstić information content (AvgIpc) is 3.67. The molecular formula is C26H32F2N6O4S. The Morgan fingerprint density at radius 3 is 2.36 bits per heavy atom. The molecule has 1 aromatic carbocycles. The van der Waals surface area contributed by atoms with Crippen LogP contribution in [0.1, 0.15) is 48.9 Å². The quantitative estimate of drug-likeness (QED) is 0.169. The van der Waals surface area contributed by atoms with Crippen molar-refractivity contribution in [1.29, 1.82) is 0 Å². The molecule has 210 valence electrons. The van der Waals surface area contributed by atoms with Crippen LogP contribution >= 0.6 is 11.9 Å². The number of nitro benzene ring substituents is 1. The lowest BCUT2D eigenvalue weighted by Gasteiger charge is -2.35. The Kier molecular flexibility index (Phi) is 7.81. The van der Waals surface area contributed by atoms with E-state index >= 15 is 0 Å². The van der Waals surface area contributed by atoms with E-state index in [1.807, 2.05) is 6.07 Å². The van der Waals surface area contributed by atoms with Crippen molar-refractivity contribution in [2.45, 2.75) is 44.4 Å². The number of nitro groups is 1. The third kappa shape index (κ3) is 6.35. The molecule has 0 bridgehead atoms. The second-order valence-corrected chi connectivity index (χ2v) is 11.4. The summed E-state index contributed by atoms with van der Waals surface area (Å²) in [5, 5.41) is 23.6. The average molecular weight is 563 g/mol. The van der Waals surface area contributed by atoms with Gasteiger partial charge in [0.25, 0.3) is 17.5 Å². The maximum atomic E-state index is 13.7. The largest absolute Gasteiger partial charge is 0.395 e. The number of benzene rings is 1.